The molecule has 0 saturated carbocycles. The molecule has 0 aliphatic heterocycles. The lowest BCUT2D eigenvalue weighted by Crippen LogP contribution is -2.34. The van der Waals surface area contributed by atoms with Crippen molar-refractivity contribution < 1.29 is 14.3 Å². The Morgan fingerprint density at radius 2 is 2.08 bits per heavy atom. The zero-order chi connectivity index (χ0) is 18.5. The van der Waals surface area contributed by atoms with Gasteiger partial charge in [0.05, 0.1) is 38.3 Å². The molecule has 0 radical (unpaired) electrons. The number of anilines is 1. The number of imidazole rings is 1. The Kier molecular flexibility index (Phi) is 5.26. The van der Waals surface area contributed by atoms with Crippen LogP contribution in [0.5, 0.6) is 11.5 Å². The fourth-order valence-electron chi connectivity index (χ4n) is 2.72. The van der Waals surface area contributed by atoms with E-state index in [0.717, 1.165) is 11.3 Å². The Bertz CT molecular complexity index is 907. The fraction of sp³-hybridized carbons (Fsp3) is 0.263. The molecule has 7 heteroatoms. The molecule has 136 valence electrons. The third kappa shape index (κ3) is 3.56. The summed E-state index contributed by atoms with van der Waals surface area (Å²) in [4.78, 5) is 18.8. The largest absolute Gasteiger partial charge is 0.497 e. The number of aromatic nitrogens is 2. The topological polar surface area (TPSA) is 68.1 Å². The van der Waals surface area contributed by atoms with Crippen molar-refractivity contribution in [2.24, 2.45) is 0 Å². The predicted octanol–water partition coefficient (Wildman–Crippen LogP) is 3.41. The molecule has 0 bridgehead atoms. The molecule has 3 aromatic rings. The smallest absolute Gasteiger partial charge is 0.322 e. The van der Waals surface area contributed by atoms with Crippen LogP contribution in [0.15, 0.2) is 48.8 Å². The van der Waals surface area contributed by atoms with Gasteiger partial charge in [-0.2, -0.15) is 0 Å². The average Bonchev–Trinajstić information content (AvgIpc) is 3.09. The van der Waals surface area contributed by atoms with Crippen molar-refractivity contribution >= 4 is 17.4 Å². The molecule has 1 aromatic carbocycles. The van der Waals surface area contributed by atoms with E-state index in [0.29, 0.717) is 30.3 Å². The van der Waals surface area contributed by atoms with Crippen molar-refractivity contribution in [1.82, 2.24) is 14.3 Å². The first-order chi connectivity index (χ1) is 12.7. The van der Waals surface area contributed by atoms with Crippen LogP contribution in [0.25, 0.3) is 5.65 Å². The maximum absolute atomic E-state index is 12.7. The summed E-state index contributed by atoms with van der Waals surface area (Å²) >= 11 is 0. The van der Waals surface area contributed by atoms with Crippen molar-refractivity contribution in [3.05, 3.63) is 54.5 Å². The number of nitrogens with zero attached hydrogens (tertiary/aromatic N) is 3. The highest BCUT2D eigenvalue weighted by Gasteiger charge is 2.16. The van der Waals surface area contributed by atoms with Crippen molar-refractivity contribution in [2.45, 2.75) is 13.5 Å². The van der Waals surface area contributed by atoms with Gasteiger partial charge in [-0.25, -0.2) is 9.78 Å². The summed E-state index contributed by atoms with van der Waals surface area (Å²) in [6.07, 6.45) is 3.73. The summed E-state index contributed by atoms with van der Waals surface area (Å²) in [5.41, 5.74) is 2.39. The van der Waals surface area contributed by atoms with Crippen LogP contribution in [0, 0.1) is 0 Å². The third-order valence-electron chi connectivity index (χ3n) is 4.17. The quantitative estimate of drug-likeness (QED) is 0.737. The summed E-state index contributed by atoms with van der Waals surface area (Å²) in [6, 6.07) is 10.9. The average molecular weight is 354 g/mol. The number of carbonyl (C=O) groups excluding carboxylic acids is 1. The molecule has 0 aliphatic rings. The lowest BCUT2D eigenvalue weighted by Gasteiger charge is -2.22. The normalized spacial score (nSPS) is 10.6. The number of pyridine rings is 1. The minimum atomic E-state index is -0.207. The first-order valence-corrected chi connectivity index (χ1v) is 8.35. The Labute approximate surface area is 152 Å². The van der Waals surface area contributed by atoms with E-state index in [1.165, 1.54) is 0 Å². The Hall–Kier alpha value is -3.22. The van der Waals surface area contributed by atoms with Crippen LogP contribution in [0.1, 0.15) is 12.6 Å². The Morgan fingerprint density at radius 1 is 1.23 bits per heavy atom. The van der Waals surface area contributed by atoms with E-state index in [1.807, 2.05) is 35.7 Å². The van der Waals surface area contributed by atoms with Crippen molar-refractivity contribution in [3.8, 4) is 11.5 Å². The molecule has 2 heterocycles. The van der Waals surface area contributed by atoms with Crippen LogP contribution in [0.2, 0.25) is 0 Å². The van der Waals surface area contributed by atoms with Crippen LogP contribution in [-0.4, -0.2) is 41.1 Å². The zero-order valence-corrected chi connectivity index (χ0v) is 15.1. The Balaban J connectivity index is 1.77. The maximum Gasteiger partial charge on any atom is 0.322 e. The van der Waals surface area contributed by atoms with E-state index < -0.39 is 0 Å². The van der Waals surface area contributed by atoms with Gasteiger partial charge in [0.1, 0.15) is 17.1 Å². The number of amides is 2. The third-order valence-corrected chi connectivity index (χ3v) is 4.17. The molecular weight excluding hydrogens is 332 g/mol. The summed E-state index contributed by atoms with van der Waals surface area (Å²) in [5.74, 6) is 1.21. The van der Waals surface area contributed by atoms with Crippen LogP contribution < -0.4 is 14.8 Å². The van der Waals surface area contributed by atoms with Crippen LogP contribution in [0.4, 0.5) is 10.5 Å². The number of rotatable bonds is 6. The van der Waals surface area contributed by atoms with E-state index in [2.05, 4.69) is 10.3 Å². The van der Waals surface area contributed by atoms with E-state index in [4.69, 9.17) is 9.47 Å². The van der Waals surface area contributed by atoms with Gasteiger partial charge in [0.2, 0.25) is 0 Å². The minimum absolute atomic E-state index is 0.207. The number of nitrogens with one attached hydrogen (secondary N) is 1. The second-order valence-electron chi connectivity index (χ2n) is 5.69. The van der Waals surface area contributed by atoms with E-state index >= 15 is 0 Å². The first-order valence-electron chi connectivity index (χ1n) is 8.35. The molecule has 0 atom stereocenters. The summed E-state index contributed by atoms with van der Waals surface area (Å²) in [7, 11) is 3.14. The SMILES string of the molecule is CCN(Cc1cnc2ccccn12)C(=O)Nc1ccc(OC)cc1OC. The van der Waals surface area contributed by atoms with Crippen molar-refractivity contribution in [3.63, 3.8) is 0 Å². The number of hydrogen-bond acceptors (Lipinski definition) is 4. The van der Waals surface area contributed by atoms with Gasteiger partial charge in [0.15, 0.2) is 0 Å². The number of methoxy groups -OCH3 is 2. The molecule has 0 unspecified atom stereocenters. The molecule has 7 nitrogen and oxygen atoms in total. The Morgan fingerprint density at radius 3 is 2.81 bits per heavy atom. The van der Waals surface area contributed by atoms with Gasteiger partial charge in [-0.15, -0.1) is 0 Å². The summed E-state index contributed by atoms with van der Waals surface area (Å²) < 4.78 is 12.5. The van der Waals surface area contributed by atoms with Crippen LogP contribution >= 0.6 is 0 Å². The minimum Gasteiger partial charge on any atom is -0.497 e. The molecule has 0 fully saturated rings. The molecule has 3 rings (SSSR count). The van der Waals surface area contributed by atoms with Gasteiger partial charge in [-0.05, 0) is 31.2 Å². The second-order valence-corrected chi connectivity index (χ2v) is 5.69. The summed E-state index contributed by atoms with van der Waals surface area (Å²) in [5, 5.41) is 2.90. The predicted molar refractivity (Wildman–Crippen MR) is 99.8 cm³/mol. The van der Waals surface area contributed by atoms with Crippen LogP contribution in [-0.2, 0) is 6.54 Å². The number of carbonyl (C=O) groups is 1. The van der Waals surface area contributed by atoms with Crippen molar-refractivity contribution in [2.75, 3.05) is 26.1 Å². The number of ether oxygens (including phenoxy) is 2. The number of urea groups is 1. The van der Waals surface area contributed by atoms with Gasteiger partial charge in [-0.3, -0.25) is 0 Å². The highest BCUT2D eigenvalue weighted by Crippen LogP contribution is 2.29. The number of benzene rings is 1. The van der Waals surface area contributed by atoms with Gasteiger partial charge in [0.25, 0.3) is 0 Å². The van der Waals surface area contributed by atoms with Gasteiger partial charge >= 0.3 is 6.03 Å². The number of hydrogen-bond donors (Lipinski definition) is 1. The molecule has 1 N–H and O–H groups in total. The molecular formula is C19H22N4O3. The highest BCUT2D eigenvalue weighted by atomic mass is 16.5. The highest BCUT2D eigenvalue weighted by molar-refractivity contribution is 5.91. The first kappa shape index (κ1) is 17.6. The zero-order valence-electron chi connectivity index (χ0n) is 15.1. The van der Waals surface area contributed by atoms with E-state index in [-0.39, 0.29) is 6.03 Å². The molecule has 2 amide bonds. The van der Waals surface area contributed by atoms with E-state index in [1.54, 1.807) is 43.5 Å². The van der Waals surface area contributed by atoms with Gasteiger partial charge < -0.3 is 24.1 Å². The maximum atomic E-state index is 12.7. The van der Waals surface area contributed by atoms with Crippen molar-refractivity contribution in [1.29, 1.82) is 0 Å². The molecule has 2 aromatic heterocycles. The molecule has 26 heavy (non-hydrogen) atoms. The van der Waals surface area contributed by atoms with Gasteiger partial charge in [-0.1, -0.05) is 6.07 Å². The second kappa shape index (κ2) is 7.77. The molecule has 0 aliphatic carbocycles. The van der Waals surface area contributed by atoms with Gasteiger partial charge in [0, 0.05) is 18.8 Å². The number of fused-ring (bicyclic) bond motifs is 1. The van der Waals surface area contributed by atoms with Crippen LogP contribution in [0.3, 0.4) is 0 Å². The monoisotopic (exact) mass is 354 g/mol. The standard InChI is InChI=1S/C19H22N4O3/c1-4-22(13-14-12-20-18-7-5-6-10-23(14)18)19(24)21-16-9-8-15(25-2)11-17(16)26-3/h5-12H,4,13H2,1-3H3,(H,21,24). The lowest BCUT2D eigenvalue weighted by atomic mass is 10.2. The summed E-state index contributed by atoms with van der Waals surface area (Å²) in [6.45, 7) is 2.95. The fourth-order valence-corrected chi connectivity index (χ4v) is 2.72. The molecule has 0 saturated heterocycles. The molecule has 0 spiro atoms. The lowest BCUT2D eigenvalue weighted by molar-refractivity contribution is 0.211. The van der Waals surface area contributed by atoms with E-state index in [9.17, 15) is 4.79 Å².